The number of para-hydroxylation sites is 1. The van der Waals surface area contributed by atoms with E-state index in [9.17, 15) is 14.9 Å². The molecule has 2 amide bonds. The normalized spacial score (nSPS) is 14.1. The topological polar surface area (TPSA) is 88.2 Å². The maximum Gasteiger partial charge on any atom is 0.271 e. The molecule has 0 N–H and O–H groups in total. The van der Waals surface area contributed by atoms with Crippen LogP contribution in [0.3, 0.4) is 0 Å². The van der Waals surface area contributed by atoms with Gasteiger partial charge < -0.3 is 4.74 Å². The third-order valence-corrected chi connectivity index (χ3v) is 7.71. The minimum atomic E-state index is -0.573. The van der Waals surface area contributed by atoms with Crippen molar-refractivity contribution in [2.45, 2.75) is 20.0 Å². The molecule has 5 aromatic rings. The SMILES string of the molecule is CC1=C(C#N)C(=O)N(CCc2ccccc2)C(=O)/C1=C/c1cn(-c2ccccc2)nc1-c1cccc(OCc2ccccc2)c1. The molecule has 220 valence electrons. The molecular weight excluding hydrogens is 560 g/mol. The zero-order valence-electron chi connectivity index (χ0n) is 24.8. The molecule has 0 saturated heterocycles. The number of aromatic nitrogens is 2. The molecule has 0 unspecified atom stereocenters. The lowest BCUT2D eigenvalue weighted by molar-refractivity contribution is -0.140. The van der Waals surface area contributed by atoms with Crippen molar-refractivity contribution in [1.29, 1.82) is 5.26 Å². The van der Waals surface area contributed by atoms with Gasteiger partial charge in [-0.3, -0.25) is 14.5 Å². The first-order valence-corrected chi connectivity index (χ1v) is 14.7. The Kier molecular flexibility index (Phi) is 8.47. The van der Waals surface area contributed by atoms with Crippen LogP contribution in [-0.2, 0) is 22.6 Å². The van der Waals surface area contributed by atoms with Crippen molar-refractivity contribution in [1.82, 2.24) is 14.7 Å². The first-order chi connectivity index (χ1) is 22.0. The fraction of sp³-hybridized carbons (Fsp3) is 0.105. The number of ether oxygens (including phenoxy) is 1. The molecule has 0 spiro atoms. The fourth-order valence-corrected chi connectivity index (χ4v) is 5.28. The molecule has 2 heterocycles. The van der Waals surface area contributed by atoms with Gasteiger partial charge in [0.2, 0.25) is 0 Å². The average Bonchev–Trinajstić information content (AvgIpc) is 3.51. The first kappa shape index (κ1) is 29.1. The van der Waals surface area contributed by atoms with Crippen LogP contribution in [0.2, 0.25) is 0 Å². The van der Waals surface area contributed by atoms with Gasteiger partial charge in [-0.1, -0.05) is 91.0 Å². The molecule has 7 nitrogen and oxygen atoms in total. The minimum Gasteiger partial charge on any atom is -0.489 e. The largest absolute Gasteiger partial charge is 0.489 e. The van der Waals surface area contributed by atoms with Crippen LogP contribution in [-0.4, -0.2) is 33.0 Å². The predicted octanol–water partition coefficient (Wildman–Crippen LogP) is 6.95. The summed E-state index contributed by atoms with van der Waals surface area (Å²) in [6, 6.07) is 39.0. The quantitative estimate of drug-likeness (QED) is 0.137. The summed E-state index contributed by atoms with van der Waals surface area (Å²) in [5.74, 6) is -0.333. The molecule has 4 aromatic carbocycles. The van der Waals surface area contributed by atoms with Gasteiger partial charge in [0, 0.05) is 29.4 Å². The van der Waals surface area contributed by atoms with Crippen LogP contribution in [0.15, 0.2) is 138 Å². The van der Waals surface area contributed by atoms with Gasteiger partial charge in [0.25, 0.3) is 11.8 Å². The van der Waals surface area contributed by atoms with Crippen molar-refractivity contribution in [3.05, 3.63) is 155 Å². The van der Waals surface area contributed by atoms with E-state index in [2.05, 4.69) is 0 Å². The van der Waals surface area contributed by atoms with E-state index in [-0.39, 0.29) is 17.7 Å². The second-order valence-corrected chi connectivity index (χ2v) is 10.7. The van der Waals surface area contributed by atoms with Crippen molar-refractivity contribution in [3.8, 4) is 28.8 Å². The van der Waals surface area contributed by atoms with E-state index >= 15 is 0 Å². The Bertz CT molecular complexity index is 1950. The Morgan fingerprint density at radius 1 is 0.822 bits per heavy atom. The van der Waals surface area contributed by atoms with Gasteiger partial charge >= 0.3 is 0 Å². The summed E-state index contributed by atoms with van der Waals surface area (Å²) in [7, 11) is 0. The number of nitriles is 1. The maximum atomic E-state index is 13.9. The Morgan fingerprint density at radius 3 is 2.18 bits per heavy atom. The Morgan fingerprint density at radius 2 is 1.49 bits per heavy atom. The number of rotatable bonds is 9. The molecule has 1 aliphatic heterocycles. The molecule has 0 saturated carbocycles. The molecule has 45 heavy (non-hydrogen) atoms. The van der Waals surface area contributed by atoms with Crippen LogP contribution in [0.4, 0.5) is 0 Å². The highest BCUT2D eigenvalue weighted by Crippen LogP contribution is 2.32. The zero-order valence-corrected chi connectivity index (χ0v) is 24.8. The minimum absolute atomic E-state index is 0.0396. The van der Waals surface area contributed by atoms with Crippen LogP contribution in [0.1, 0.15) is 23.6 Å². The highest BCUT2D eigenvalue weighted by molar-refractivity contribution is 6.19. The van der Waals surface area contributed by atoms with Crippen LogP contribution in [0.25, 0.3) is 23.0 Å². The third kappa shape index (κ3) is 6.36. The third-order valence-electron chi connectivity index (χ3n) is 7.71. The summed E-state index contributed by atoms with van der Waals surface area (Å²) in [5.41, 5.74) is 5.57. The van der Waals surface area contributed by atoms with E-state index in [1.54, 1.807) is 17.7 Å². The van der Waals surface area contributed by atoms with E-state index in [0.29, 0.717) is 35.6 Å². The van der Waals surface area contributed by atoms with Crippen molar-refractivity contribution in [2.24, 2.45) is 0 Å². The smallest absolute Gasteiger partial charge is 0.271 e. The molecule has 0 fully saturated rings. The van der Waals surface area contributed by atoms with Gasteiger partial charge in [0.1, 0.15) is 29.7 Å². The molecule has 6 rings (SSSR count). The van der Waals surface area contributed by atoms with E-state index in [1.807, 2.05) is 128 Å². The summed E-state index contributed by atoms with van der Waals surface area (Å²) < 4.78 is 7.85. The lowest BCUT2D eigenvalue weighted by Crippen LogP contribution is -2.43. The van der Waals surface area contributed by atoms with Crippen LogP contribution < -0.4 is 4.74 Å². The average molecular weight is 591 g/mol. The Labute approximate surface area is 261 Å². The van der Waals surface area contributed by atoms with Crippen molar-refractivity contribution in [3.63, 3.8) is 0 Å². The number of benzene rings is 4. The molecule has 1 aliphatic rings. The number of nitrogens with zero attached hydrogens (tertiary/aromatic N) is 4. The highest BCUT2D eigenvalue weighted by Gasteiger charge is 2.35. The van der Waals surface area contributed by atoms with Crippen molar-refractivity contribution in [2.75, 3.05) is 6.54 Å². The molecule has 0 bridgehead atoms. The predicted molar refractivity (Wildman–Crippen MR) is 173 cm³/mol. The van der Waals surface area contributed by atoms with Crippen LogP contribution in [0, 0.1) is 11.3 Å². The summed E-state index contributed by atoms with van der Waals surface area (Å²) >= 11 is 0. The van der Waals surface area contributed by atoms with Gasteiger partial charge in [-0.2, -0.15) is 10.4 Å². The summed E-state index contributed by atoms with van der Waals surface area (Å²) in [6.07, 6.45) is 4.07. The molecule has 0 aliphatic carbocycles. The lowest BCUT2D eigenvalue weighted by atomic mass is 9.93. The number of imide groups is 1. The van der Waals surface area contributed by atoms with E-state index in [1.165, 1.54) is 4.90 Å². The Hall–Kier alpha value is -6.00. The molecule has 0 atom stereocenters. The monoisotopic (exact) mass is 590 g/mol. The van der Waals surface area contributed by atoms with Gasteiger partial charge in [-0.15, -0.1) is 0 Å². The molecule has 1 aromatic heterocycles. The molecule has 7 heteroatoms. The number of amides is 2. The van der Waals surface area contributed by atoms with Crippen molar-refractivity contribution < 1.29 is 14.3 Å². The summed E-state index contributed by atoms with van der Waals surface area (Å²) in [5, 5.41) is 14.8. The number of carbonyl (C=O) groups excluding carboxylic acids is 2. The standard InChI is InChI=1S/C38H30N4O3/c1-27-34(37(43)41(38(44)35(27)24-39)21-20-28-12-5-2-6-13-28)23-31-25-42(32-17-9-4-10-18-32)40-36(31)30-16-11-19-33(22-30)45-26-29-14-7-3-8-15-29/h2-19,22-23,25H,20-21,26H2,1H3/b34-23+. The summed E-state index contributed by atoms with van der Waals surface area (Å²) in [4.78, 5) is 28.3. The highest BCUT2D eigenvalue weighted by atomic mass is 16.5. The van der Waals surface area contributed by atoms with Gasteiger partial charge in [-0.25, -0.2) is 4.68 Å². The fourth-order valence-electron chi connectivity index (χ4n) is 5.28. The molecule has 0 radical (unpaired) electrons. The second-order valence-electron chi connectivity index (χ2n) is 10.7. The van der Waals surface area contributed by atoms with Gasteiger partial charge in [0.05, 0.1) is 5.69 Å². The first-order valence-electron chi connectivity index (χ1n) is 14.7. The van der Waals surface area contributed by atoms with Gasteiger partial charge in [-0.05, 0) is 60.4 Å². The number of hydrogen-bond donors (Lipinski definition) is 0. The number of hydrogen-bond acceptors (Lipinski definition) is 5. The van der Waals surface area contributed by atoms with Crippen LogP contribution in [0.5, 0.6) is 5.75 Å². The number of carbonyl (C=O) groups is 2. The van der Waals surface area contributed by atoms with E-state index in [0.717, 1.165) is 22.4 Å². The maximum absolute atomic E-state index is 13.9. The zero-order chi connectivity index (χ0) is 31.2. The lowest BCUT2D eigenvalue weighted by Gasteiger charge is -2.27. The van der Waals surface area contributed by atoms with E-state index in [4.69, 9.17) is 9.84 Å². The van der Waals surface area contributed by atoms with Crippen molar-refractivity contribution >= 4 is 17.9 Å². The molecular formula is C38H30N4O3. The Balaban J connectivity index is 1.39. The van der Waals surface area contributed by atoms with Gasteiger partial charge in [0.15, 0.2) is 0 Å². The van der Waals surface area contributed by atoms with Crippen LogP contribution >= 0.6 is 0 Å². The second kappa shape index (κ2) is 13.1. The summed E-state index contributed by atoms with van der Waals surface area (Å²) in [6.45, 7) is 2.23. The van der Waals surface area contributed by atoms with E-state index < -0.39 is 11.8 Å².